The van der Waals surface area contributed by atoms with Crippen LogP contribution in [0, 0.1) is 11.3 Å². The van der Waals surface area contributed by atoms with Crippen LogP contribution in [0.2, 0.25) is 0 Å². The lowest BCUT2D eigenvalue weighted by molar-refractivity contribution is -0.122. The van der Waals surface area contributed by atoms with E-state index in [0.717, 1.165) is 21.9 Å². The van der Waals surface area contributed by atoms with Crippen LogP contribution in [0.15, 0.2) is 66.7 Å². The first-order valence-corrected chi connectivity index (χ1v) is 9.72. The highest BCUT2D eigenvalue weighted by atomic mass is 35.5. The van der Waals surface area contributed by atoms with E-state index in [2.05, 4.69) is 10.6 Å². The molecule has 0 aliphatic rings. The van der Waals surface area contributed by atoms with Crippen LogP contribution in [-0.4, -0.2) is 24.9 Å². The van der Waals surface area contributed by atoms with E-state index < -0.39 is 5.92 Å². The van der Waals surface area contributed by atoms with Crippen LogP contribution in [0.1, 0.15) is 27.4 Å². The maximum atomic E-state index is 12.6. The molecule has 1 unspecified atom stereocenters. The van der Waals surface area contributed by atoms with Crippen LogP contribution in [0.3, 0.4) is 0 Å². The molecule has 3 aromatic rings. The van der Waals surface area contributed by atoms with Gasteiger partial charge in [0, 0.05) is 18.0 Å². The zero-order valence-corrected chi connectivity index (χ0v) is 16.4. The van der Waals surface area contributed by atoms with Crippen molar-refractivity contribution in [2.45, 2.75) is 11.8 Å². The van der Waals surface area contributed by atoms with Gasteiger partial charge in [0.25, 0.3) is 5.91 Å². The van der Waals surface area contributed by atoms with Crippen molar-refractivity contribution in [2.24, 2.45) is 0 Å². The zero-order valence-electron chi connectivity index (χ0n) is 15.7. The summed E-state index contributed by atoms with van der Waals surface area (Å²) < 4.78 is 0. The average Bonchev–Trinajstić information content (AvgIpc) is 2.77. The number of carbonyl (C=O) groups excluding carboxylic acids is 2. The molecule has 0 saturated carbocycles. The number of amides is 2. The van der Waals surface area contributed by atoms with Gasteiger partial charge in [-0.05, 0) is 34.0 Å². The molecule has 146 valence electrons. The Labute approximate surface area is 174 Å². The molecular formula is C23H20ClN3O2. The summed E-state index contributed by atoms with van der Waals surface area (Å²) >= 11 is 5.78. The predicted molar refractivity (Wildman–Crippen MR) is 114 cm³/mol. The second-order valence-electron chi connectivity index (χ2n) is 6.58. The Morgan fingerprint density at radius 1 is 0.966 bits per heavy atom. The summed E-state index contributed by atoms with van der Waals surface area (Å²) in [4.78, 5) is 25.1. The van der Waals surface area contributed by atoms with Crippen molar-refractivity contribution in [1.82, 2.24) is 10.6 Å². The molecule has 0 aromatic heterocycles. The summed E-state index contributed by atoms with van der Waals surface area (Å²) in [7, 11) is 0. The highest BCUT2D eigenvalue weighted by Crippen LogP contribution is 2.22. The number of alkyl halides is 1. The molecule has 3 aromatic carbocycles. The van der Waals surface area contributed by atoms with Crippen LogP contribution in [0.25, 0.3) is 10.8 Å². The molecule has 5 nitrogen and oxygen atoms in total. The number of rotatable bonds is 7. The number of benzene rings is 3. The second kappa shape index (κ2) is 9.72. The van der Waals surface area contributed by atoms with Gasteiger partial charge in [0.2, 0.25) is 5.91 Å². The van der Waals surface area contributed by atoms with Crippen molar-refractivity contribution < 1.29 is 9.59 Å². The minimum Gasteiger partial charge on any atom is -0.351 e. The SMILES string of the molecule is N#CCNC(=O)C(CNC(=O)c1ccc(CCl)cc1)c1ccc2ccccc2c1. The van der Waals surface area contributed by atoms with E-state index in [4.69, 9.17) is 16.9 Å². The molecule has 0 radical (unpaired) electrons. The largest absolute Gasteiger partial charge is 0.351 e. The van der Waals surface area contributed by atoms with Crippen molar-refractivity contribution in [3.63, 3.8) is 0 Å². The van der Waals surface area contributed by atoms with Crippen LogP contribution in [0.5, 0.6) is 0 Å². The topological polar surface area (TPSA) is 82.0 Å². The van der Waals surface area contributed by atoms with Gasteiger partial charge in [-0.2, -0.15) is 5.26 Å². The van der Waals surface area contributed by atoms with Gasteiger partial charge in [-0.1, -0.05) is 54.6 Å². The predicted octanol–water partition coefficient (Wildman–Crippen LogP) is 3.73. The summed E-state index contributed by atoms with van der Waals surface area (Å²) in [6.45, 7) is 0.0302. The molecular weight excluding hydrogens is 386 g/mol. The number of nitrogens with one attached hydrogen (secondary N) is 2. The molecule has 2 amide bonds. The molecule has 0 saturated heterocycles. The Morgan fingerprint density at radius 2 is 1.69 bits per heavy atom. The lowest BCUT2D eigenvalue weighted by atomic mass is 9.95. The van der Waals surface area contributed by atoms with E-state index in [0.29, 0.717) is 11.4 Å². The van der Waals surface area contributed by atoms with Gasteiger partial charge in [-0.25, -0.2) is 0 Å². The van der Waals surface area contributed by atoms with Gasteiger partial charge >= 0.3 is 0 Å². The molecule has 0 fully saturated rings. The van der Waals surface area contributed by atoms with Gasteiger partial charge in [-0.3, -0.25) is 9.59 Å². The van der Waals surface area contributed by atoms with Crippen molar-refractivity contribution in [1.29, 1.82) is 5.26 Å². The minimum absolute atomic E-state index is 0.0866. The average molecular weight is 406 g/mol. The Hall–Kier alpha value is -3.36. The number of nitriles is 1. The van der Waals surface area contributed by atoms with E-state index >= 15 is 0 Å². The third-order valence-electron chi connectivity index (χ3n) is 4.67. The Bertz CT molecular complexity index is 1060. The Balaban J connectivity index is 1.79. The normalized spacial score (nSPS) is 11.4. The fraction of sp³-hybridized carbons (Fsp3) is 0.174. The number of hydrogen-bond donors (Lipinski definition) is 2. The van der Waals surface area contributed by atoms with Crippen LogP contribution in [0.4, 0.5) is 0 Å². The Morgan fingerprint density at radius 3 is 2.38 bits per heavy atom. The molecule has 6 heteroatoms. The molecule has 0 bridgehead atoms. The van der Waals surface area contributed by atoms with Gasteiger partial charge in [0.15, 0.2) is 0 Å². The molecule has 0 aliphatic heterocycles. The van der Waals surface area contributed by atoms with E-state index in [9.17, 15) is 9.59 Å². The van der Waals surface area contributed by atoms with Crippen molar-refractivity contribution in [3.8, 4) is 6.07 Å². The molecule has 2 N–H and O–H groups in total. The molecule has 1 atom stereocenters. The highest BCUT2D eigenvalue weighted by Gasteiger charge is 2.22. The summed E-state index contributed by atoms with van der Waals surface area (Å²) in [6, 6.07) is 22.5. The Kier molecular flexibility index (Phi) is 6.83. The zero-order chi connectivity index (χ0) is 20.6. The standard InChI is InChI=1S/C23H20ClN3O2/c24-14-16-5-7-18(8-6-16)22(28)27-15-21(23(29)26-12-11-25)20-10-9-17-3-1-2-4-19(17)13-20/h1-10,13,21H,12,14-15H2,(H,26,29)(H,27,28). The lowest BCUT2D eigenvalue weighted by Gasteiger charge is -2.18. The van der Waals surface area contributed by atoms with E-state index in [1.165, 1.54) is 0 Å². The molecule has 3 rings (SSSR count). The van der Waals surface area contributed by atoms with E-state index in [1.807, 2.05) is 48.5 Å². The molecule has 0 aliphatic carbocycles. The molecule has 0 heterocycles. The fourth-order valence-electron chi connectivity index (χ4n) is 3.08. The first-order valence-electron chi connectivity index (χ1n) is 9.19. The number of halogens is 1. The van der Waals surface area contributed by atoms with Crippen molar-refractivity contribution >= 4 is 34.2 Å². The third kappa shape index (κ3) is 5.13. The number of carbonyl (C=O) groups is 2. The number of fused-ring (bicyclic) bond motifs is 1. The van der Waals surface area contributed by atoms with Gasteiger partial charge in [-0.15, -0.1) is 11.6 Å². The van der Waals surface area contributed by atoms with Crippen LogP contribution in [-0.2, 0) is 10.7 Å². The maximum Gasteiger partial charge on any atom is 0.251 e. The van der Waals surface area contributed by atoms with Crippen molar-refractivity contribution in [2.75, 3.05) is 13.1 Å². The van der Waals surface area contributed by atoms with Crippen molar-refractivity contribution in [3.05, 3.63) is 83.4 Å². The summed E-state index contributed by atoms with van der Waals surface area (Å²) in [5.74, 6) is -0.811. The molecule has 0 spiro atoms. The number of hydrogen-bond acceptors (Lipinski definition) is 3. The lowest BCUT2D eigenvalue weighted by Crippen LogP contribution is -2.37. The van der Waals surface area contributed by atoms with Crippen LogP contribution < -0.4 is 10.6 Å². The fourth-order valence-corrected chi connectivity index (χ4v) is 3.26. The maximum absolute atomic E-state index is 12.6. The highest BCUT2D eigenvalue weighted by molar-refractivity contribution is 6.17. The second-order valence-corrected chi connectivity index (χ2v) is 6.84. The van der Waals surface area contributed by atoms with Gasteiger partial charge < -0.3 is 10.6 Å². The third-order valence-corrected chi connectivity index (χ3v) is 4.98. The first-order chi connectivity index (χ1) is 14.1. The van der Waals surface area contributed by atoms with E-state index in [1.54, 1.807) is 24.3 Å². The summed E-state index contributed by atoms with van der Waals surface area (Å²) in [5, 5.41) is 16.3. The monoisotopic (exact) mass is 405 g/mol. The molecule has 29 heavy (non-hydrogen) atoms. The minimum atomic E-state index is -0.612. The number of nitrogens with zero attached hydrogens (tertiary/aromatic N) is 1. The van der Waals surface area contributed by atoms with Gasteiger partial charge in [0.05, 0.1) is 12.0 Å². The summed E-state index contributed by atoms with van der Waals surface area (Å²) in [6.07, 6.45) is 0. The van der Waals surface area contributed by atoms with E-state index in [-0.39, 0.29) is 24.9 Å². The van der Waals surface area contributed by atoms with Crippen LogP contribution >= 0.6 is 11.6 Å². The van der Waals surface area contributed by atoms with Gasteiger partial charge in [0.1, 0.15) is 6.54 Å². The first kappa shape index (κ1) is 20.4. The summed E-state index contributed by atoms with van der Waals surface area (Å²) in [5.41, 5.74) is 2.19. The smallest absolute Gasteiger partial charge is 0.251 e. The quantitative estimate of drug-likeness (QED) is 0.464.